The summed E-state index contributed by atoms with van der Waals surface area (Å²) in [5.74, 6) is -0.888. The molecule has 0 aromatic heterocycles. The third-order valence-electron chi connectivity index (χ3n) is 3.32. The highest BCUT2D eigenvalue weighted by molar-refractivity contribution is 5.95. The fraction of sp³-hybridized carbons (Fsp3) is 0.125. The number of amides is 2. The van der Waals surface area contributed by atoms with Gasteiger partial charge in [-0.1, -0.05) is 18.2 Å². The zero-order valence-electron chi connectivity index (χ0n) is 11.7. The number of hydrogen-bond donors (Lipinski definition) is 3. The lowest BCUT2D eigenvalue weighted by Crippen LogP contribution is -2.14. The van der Waals surface area contributed by atoms with Crippen molar-refractivity contribution in [1.29, 1.82) is 0 Å². The fourth-order valence-corrected chi connectivity index (χ4v) is 2.08. The molecule has 0 atom stereocenters. The monoisotopic (exact) mass is 283 g/mol. The predicted octanol–water partition coefficient (Wildman–Crippen LogP) is 1.80. The van der Waals surface area contributed by atoms with E-state index in [0.717, 1.165) is 16.8 Å². The molecule has 2 aromatic carbocycles. The normalized spacial score (nSPS) is 10.1. The highest BCUT2D eigenvalue weighted by Crippen LogP contribution is 2.19. The fourth-order valence-electron chi connectivity index (χ4n) is 2.08. The Labute approximate surface area is 123 Å². The summed E-state index contributed by atoms with van der Waals surface area (Å²) < 4.78 is 0. The molecule has 0 aliphatic rings. The third kappa shape index (κ3) is 3.39. The first-order valence-corrected chi connectivity index (χ1v) is 6.51. The number of carbonyl (C=O) groups is 2. The van der Waals surface area contributed by atoms with Crippen molar-refractivity contribution in [1.82, 2.24) is 0 Å². The van der Waals surface area contributed by atoms with Gasteiger partial charge >= 0.3 is 0 Å². The predicted molar refractivity (Wildman–Crippen MR) is 82.0 cm³/mol. The second kappa shape index (κ2) is 6.09. The number of anilines is 1. The van der Waals surface area contributed by atoms with Crippen LogP contribution in [0.4, 0.5) is 5.69 Å². The molecule has 5 nitrogen and oxygen atoms in total. The Hall–Kier alpha value is -2.82. The van der Waals surface area contributed by atoms with Gasteiger partial charge in [0.05, 0.1) is 0 Å². The van der Waals surface area contributed by atoms with Gasteiger partial charge in [0.2, 0.25) is 11.8 Å². The van der Waals surface area contributed by atoms with E-state index in [1.54, 1.807) is 24.3 Å². The molecule has 2 rings (SSSR count). The van der Waals surface area contributed by atoms with Crippen molar-refractivity contribution in [3.63, 3.8) is 0 Å². The molecule has 0 spiro atoms. The van der Waals surface area contributed by atoms with E-state index < -0.39 is 11.8 Å². The minimum Gasteiger partial charge on any atom is -0.381 e. The Morgan fingerprint density at radius 3 is 2.24 bits per heavy atom. The van der Waals surface area contributed by atoms with Gasteiger partial charge in [-0.3, -0.25) is 9.59 Å². The lowest BCUT2D eigenvalue weighted by Gasteiger charge is -2.12. The average molecular weight is 283 g/mol. The Morgan fingerprint density at radius 2 is 1.67 bits per heavy atom. The smallest absolute Gasteiger partial charge is 0.249 e. The molecule has 0 bridgehead atoms. The van der Waals surface area contributed by atoms with E-state index in [0.29, 0.717) is 17.7 Å². The van der Waals surface area contributed by atoms with Gasteiger partial charge in [-0.25, -0.2) is 0 Å². The minimum absolute atomic E-state index is 0.443. The van der Waals surface area contributed by atoms with Crippen LogP contribution in [0.1, 0.15) is 31.8 Å². The van der Waals surface area contributed by atoms with Gasteiger partial charge in [0.15, 0.2) is 0 Å². The van der Waals surface area contributed by atoms with Crippen molar-refractivity contribution in [3.8, 4) is 0 Å². The van der Waals surface area contributed by atoms with Gasteiger partial charge in [-0.15, -0.1) is 0 Å². The molecule has 0 heterocycles. The van der Waals surface area contributed by atoms with E-state index in [4.69, 9.17) is 11.5 Å². The summed E-state index contributed by atoms with van der Waals surface area (Å²) in [5, 5.41) is 3.25. The Kier molecular flexibility index (Phi) is 4.23. The van der Waals surface area contributed by atoms with Crippen LogP contribution < -0.4 is 16.8 Å². The maximum atomic E-state index is 11.3. The number of primary amides is 2. The number of nitrogens with one attached hydrogen (secondary N) is 1. The van der Waals surface area contributed by atoms with Crippen LogP contribution in [0, 0.1) is 6.92 Å². The van der Waals surface area contributed by atoms with Crippen molar-refractivity contribution < 1.29 is 9.59 Å². The first-order chi connectivity index (χ1) is 9.99. The van der Waals surface area contributed by atoms with Crippen LogP contribution in [0.3, 0.4) is 0 Å². The Morgan fingerprint density at radius 1 is 1.00 bits per heavy atom. The summed E-state index contributed by atoms with van der Waals surface area (Å²) in [5.41, 5.74) is 14.2. The maximum Gasteiger partial charge on any atom is 0.249 e. The molecular weight excluding hydrogens is 266 g/mol. The molecule has 0 radical (unpaired) electrons. The lowest BCUT2D eigenvalue weighted by atomic mass is 10.1. The van der Waals surface area contributed by atoms with Crippen LogP contribution in [-0.2, 0) is 6.54 Å². The molecule has 2 aromatic rings. The molecule has 0 unspecified atom stereocenters. The van der Waals surface area contributed by atoms with Crippen molar-refractivity contribution in [2.45, 2.75) is 13.5 Å². The molecular formula is C16H17N3O2. The first kappa shape index (κ1) is 14.6. The molecule has 0 fully saturated rings. The molecule has 5 N–H and O–H groups in total. The second-order valence-electron chi connectivity index (χ2n) is 4.76. The van der Waals surface area contributed by atoms with Crippen molar-refractivity contribution in [3.05, 3.63) is 64.7 Å². The van der Waals surface area contributed by atoms with Crippen LogP contribution in [0.25, 0.3) is 0 Å². The van der Waals surface area contributed by atoms with Gasteiger partial charge in [0.1, 0.15) is 0 Å². The zero-order chi connectivity index (χ0) is 15.4. The maximum absolute atomic E-state index is 11.3. The van der Waals surface area contributed by atoms with Gasteiger partial charge < -0.3 is 16.8 Å². The molecule has 0 saturated carbocycles. The quantitative estimate of drug-likeness (QED) is 0.780. The number of carbonyl (C=O) groups excluding carboxylic acids is 2. The highest BCUT2D eigenvalue weighted by Gasteiger charge is 2.08. The lowest BCUT2D eigenvalue weighted by molar-refractivity contribution is 0.0991. The molecule has 2 amide bonds. The van der Waals surface area contributed by atoms with Gasteiger partial charge in [0.25, 0.3) is 0 Å². The van der Waals surface area contributed by atoms with E-state index in [9.17, 15) is 9.59 Å². The molecule has 0 aliphatic carbocycles. The van der Waals surface area contributed by atoms with E-state index >= 15 is 0 Å². The molecule has 0 saturated heterocycles. The Balaban J connectivity index is 2.11. The van der Waals surface area contributed by atoms with Crippen LogP contribution in [0.2, 0.25) is 0 Å². The van der Waals surface area contributed by atoms with Crippen molar-refractivity contribution in [2.24, 2.45) is 11.5 Å². The highest BCUT2D eigenvalue weighted by atomic mass is 16.1. The van der Waals surface area contributed by atoms with Crippen molar-refractivity contribution in [2.75, 3.05) is 5.32 Å². The largest absolute Gasteiger partial charge is 0.381 e. The van der Waals surface area contributed by atoms with E-state index in [2.05, 4.69) is 5.32 Å². The molecule has 5 heteroatoms. The molecule has 21 heavy (non-hydrogen) atoms. The molecule has 108 valence electrons. The number of hydrogen-bond acceptors (Lipinski definition) is 3. The SMILES string of the molecule is Cc1c(NCc2ccc(C(N)=O)cc2)cccc1C(N)=O. The van der Waals surface area contributed by atoms with Crippen LogP contribution in [-0.4, -0.2) is 11.8 Å². The summed E-state index contributed by atoms with van der Waals surface area (Å²) in [6, 6.07) is 12.4. The minimum atomic E-state index is -0.445. The van der Waals surface area contributed by atoms with E-state index in [-0.39, 0.29) is 0 Å². The van der Waals surface area contributed by atoms with Gasteiger partial charge in [0, 0.05) is 23.4 Å². The summed E-state index contributed by atoms with van der Waals surface area (Å²) in [4.78, 5) is 22.3. The molecule has 0 aliphatic heterocycles. The van der Waals surface area contributed by atoms with Gasteiger partial charge in [-0.05, 0) is 42.3 Å². The second-order valence-corrected chi connectivity index (χ2v) is 4.76. The summed E-state index contributed by atoms with van der Waals surface area (Å²) in [6.45, 7) is 2.42. The van der Waals surface area contributed by atoms with E-state index in [1.807, 2.05) is 25.1 Å². The van der Waals surface area contributed by atoms with E-state index in [1.165, 1.54) is 0 Å². The number of benzene rings is 2. The third-order valence-corrected chi connectivity index (χ3v) is 3.32. The van der Waals surface area contributed by atoms with Crippen LogP contribution in [0.15, 0.2) is 42.5 Å². The summed E-state index contributed by atoms with van der Waals surface area (Å²) in [7, 11) is 0. The summed E-state index contributed by atoms with van der Waals surface area (Å²) >= 11 is 0. The first-order valence-electron chi connectivity index (χ1n) is 6.51. The number of rotatable bonds is 5. The standard InChI is InChI=1S/C16H17N3O2/c1-10-13(16(18)21)3-2-4-14(10)19-9-11-5-7-12(8-6-11)15(17)20/h2-8,19H,9H2,1H3,(H2,17,20)(H2,18,21). The Bertz CT molecular complexity index is 678. The zero-order valence-corrected chi connectivity index (χ0v) is 11.7. The topological polar surface area (TPSA) is 98.2 Å². The average Bonchev–Trinajstić information content (AvgIpc) is 2.46. The summed E-state index contributed by atoms with van der Waals surface area (Å²) in [6.07, 6.45) is 0. The van der Waals surface area contributed by atoms with Crippen molar-refractivity contribution >= 4 is 17.5 Å². The van der Waals surface area contributed by atoms with Gasteiger partial charge in [-0.2, -0.15) is 0 Å². The van der Waals surface area contributed by atoms with Crippen LogP contribution in [0.5, 0.6) is 0 Å². The number of nitrogens with two attached hydrogens (primary N) is 2. The van der Waals surface area contributed by atoms with Crippen LogP contribution >= 0.6 is 0 Å².